The van der Waals surface area contributed by atoms with Gasteiger partial charge in [0.2, 0.25) is 0 Å². The molecular weight excluding hydrogens is 451 g/mol. The first-order valence-electron chi connectivity index (χ1n) is 10.6. The highest BCUT2D eigenvalue weighted by Crippen LogP contribution is 2.33. The zero-order chi connectivity index (χ0) is 24.5. The van der Waals surface area contributed by atoms with Crippen LogP contribution in [0.1, 0.15) is 65.8 Å². The van der Waals surface area contributed by atoms with E-state index in [-0.39, 0.29) is 52.8 Å². The molecule has 0 heterocycles. The molecule has 0 aliphatic rings. The van der Waals surface area contributed by atoms with Crippen LogP contribution in [0.4, 0.5) is 4.39 Å². The molecule has 9 heteroatoms. The fraction of sp³-hybridized carbons (Fsp3) is 0.375. The SMILES string of the molecule is CCCc1c(OCCCS(=O)c2ccc(C(=O)CCC(=O)O)cc2F)ccc(C(C)=O)c1O. The van der Waals surface area contributed by atoms with Gasteiger partial charge in [-0.05, 0) is 44.0 Å². The Morgan fingerprint density at radius 2 is 1.85 bits per heavy atom. The zero-order valence-corrected chi connectivity index (χ0v) is 19.4. The Balaban J connectivity index is 1.97. The number of rotatable bonds is 13. The molecule has 0 bridgehead atoms. The van der Waals surface area contributed by atoms with Crippen LogP contribution in [0, 0.1) is 5.82 Å². The number of hydrogen-bond acceptors (Lipinski definition) is 6. The van der Waals surface area contributed by atoms with Crippen LogP contribution in [0.15, 0.2) is 35.2 Å². The molecule has 0 saturated heterocycles. The molecule has 178 valence electrons. The van der Waals surface area contributed by atoms with Crippen LogP contribution in [0.5, 0.6) is 11.5 Å². The maximum atomic E-state index is 14.4. The summed E-state index contributed by atoms with van der Waals surface area (Å²) in [5, 5.41) is 19.0. The molecule has 0 aromatic heterocycles. The summed E-state index contributed by atoms with van der Waals surface area (Å²) in [5.74, 6) is -2.18. The lowest BCUT2D eigenvalue weighted by Gasteiger charge is -2.14. The molecule has 0 saturated carbocycles. The number of carboxylic acid groups (broad SMARTS) is 1. The van der Waals surface area contributed by atoms with Crippen LogP contribution >= 0.6 is 0 Å². The van der Waals surface area contributed by atoms with E-state index in [1.165, 1.54) is 25.1 Å². The van der Waals surface area contributed by atoms with E-state index in [9.17, 15) is 28.1 Å². The van der Waals surface area contributed by atoms with Gasteiger partial charge in [-0.1, -0.05) is 19.4 Å². The van der Waals surface area contributed by atoms with Crippen LogP contribution in [-0.2, 0) is 22.0 Å². The first kappa shape index (κ1) is 26.2. The predicted molar refractivity (Wildman–Crippen MR) is 121 cm³/mol. The minimum absolute atomic E-state index is 0.0371. The van der Waals surface area contributed by atoms with E-state index in [4.69, 9.17) is 9.84 Å². The third-order valence-electron chi connectivity index (χ3n) is 4.92. The number of phenols is 1. The smallest absolute Gasteiger partial charge is 0.303 e. The molecule has 7 nitrogen and oxygen atoms in total. The van der Waals surface area contributed by atoms with Gasteiger partial charge in [-0.3, -0.25) is 18.6 Å². The summed E-state index contributed by atoms with van der Waals surface area (Å²) in [6.07, 6.45) is 1.02. The Labute approximate surface area is 194 Å². The Hall–Kier alpha value is -3.07. The van der Waals surface area contributed by atoms with Gasteiger partial charge in [-0.15, -0.1) is 0 Å². The normalized spacial score (nSPS) is 11.7. The summed E-state index contributed by atoms with van der Waals surface area (Å²) < 4.78 is 32.6. The highest BCUT2D eigenvalue weighted by molar-refractivity contribution is 7.85. The van der Waals surface area contributed by atoms with Crippen LogP contribution in [0.2, 0.25) is 0 Å². The van der Waals surface area contributed by atoms with Gasteiger partial charge in [0.15, 0.2) is 11.6 Å². The van der Waals surface area contributed by atoms with Gasteiger partial charge in [0, 0.05) is 23.3 Å². The van der Waals surface area contributed by atoms with Crippen LogP contribution < -0.4 is 4.74 Å². The topological polar surface area (TPSA) is 118 Å². The first-order chi connectivity index (χ1) is 15.6. The van der Waals surface area contributed by atoms with Crippen molar-refractivity contribution in [1.29, 1.82) is 0 Å². The number of halogens is 1. The highest BCUT2D eigenvalue weighted by atomic mass is 32.2. The van der Waals surface area contributed by atoms with Crippen molar-refractivity contribution in [2.75, 3.05) is 12.4 Å². The highest BCUT2D eigenvalue weighted by Gasteiger charge is 2.17. The van der Waals surface area contributed by atoms with E-state index >= 15 is 0 Å². The number of ketones is 2. The molecule has 2 aromatic carbocycles. The maximum absolute atomic E-state index is 14.4. The average molecular weight is 479 g/mol. The number of carbonyl (C=O) groups excluding carboxylic acids is 2. The second-order valence-electron chi connectivity index (χ2n) is 7.46. The van der Waals surface area contributed by atoms with Gasteiger partial charge in [0.25, 0.3) is 0 Å². The third-order valence-corrected chi connectivity index (χ3v) is 6.40. The predicted octanol–water partition coefficient (Wildman–Crippen LogP) is 4.31. The van der Waals surface area contributed by atoms with Crippen LogP contribution in [0.3, 0.4) is 0 Å². The second kappa shape index (κ2) is 12.2. The molecule has 2 aromatic rings. The van der Waals surface area contributed by atoms with Gasteiger partial charge in [0.05, 0.1) is 34.3 Å². The number of Topliss-reactive ketones (excluding diaryl/α,β-unsaturated/α-hetero) is 2. The average Bonchev–Trinajstić information content (AvgIpc) is 2.76. The Bertz CT molecular complexity index is 1070. The minimum atomic E-state index is -1.66. The number of hydrogen-bond donors (Lipinski definition) is 2. The molecule has 0 amide bonds. The van der Waals surface area contributed by atoms with Crippen molar-refractivity contribution in [1.82, 2.24) is 0 Å². The van der Waals surface area contributed by atoms with Crippen molar-refractivity contribution < 1.29 is 37.9 Å². The van der Waals surface area contributed by atoms with Crippen LogP contribution in [-0.4, -0.2) is 44.3 Å². The van der Waals surface area contributed by atoms with E-state index in [0.717, 1.165) is 12.5 Å². The Kier molecular flexibility index (Phi) is 9.72. The summed E-state index contributed by atoms with van der Waals surface area (Å²) in [5.41, 5.74) is 0.808. The number of carboxylic acids is 1. The van der Waals surface area contributed by atoms with Gasteiger partial charge >= 0.3 is 5.97 Å². The molecule has 0 aliphatic heterocycles. The van der Waals surface area contributed by atoms with E-state index < -0.39 is 28.4 Å². The lowest BCUT2D eigenvalue weighted by Crippen LogP contribution is -2.09. The maximum Gasteiger partial charge on any atom is 0.303 e. The fourth-order valence-corrected chi connectivity index (χ4v) is 4.33. The van der Waals surface area contributed by atoms with E-state index in [1.807, 2.05) is 6.92 Å². The van der Waals surface area contributed by atoms with Gasteiger partial charge < -0.3 is 14.9 Å². The number of phenolic OH excluding ortho intramolecular Hbond substituents is 1. The molecule has 0 spiro atoms. The molecule has 2 N–H and O–H groups in total. The number of aliphatic carboxylic acids is 1. The number of benzene rings is 2. The lowest BCUT2D eigenvalue weighted by atomic mass is 10.0. The van der Waals surface area contributed by atoms with Crippen molar-refractivity contribution >= 4 is 28.3 Å². The minimum Gasteiger partial charge on any atom is -0.507 e. The van der Waals surface area contributed by atoms with Gasteiger partial charge in [-0.2, -0.15) is 0 Å². The van der Waals surface area contributed by atoms with E-state index in [1.54, 1.807) is 6.07 Å². The zero-order valence-electron chi connectivity index (χ0n) is 18.6. The molecule has 2 rings (SSSR count). The summed E-state index contributed by atoms with van der Waals surface area (Å²) in [4.78, 5) is 34.1. The molecule has 0 radical (unpaired) electrons. The molecule has 1 unspecified atom stereocenters. The summed E-state index contributed by atoms with van der Waals surface area (Å²) >= 11 is 0. The van der Waals surface area contributed by atoms with Crippen LogP contribution in [0.25, 0.3) is 0 Å². The van der Waals surface area contributed by atoms with Gasteiger partial charge in [-0.25, -0.2) is 4.39 Å². The number of aromatic hydroxyl groups is 1. The quantitative estimate of drug-likeness (QED) is 0.325. The number of carbonyl (C=O) groups is 3. The molecule has 33 heavy (non-hydrogen) atoms. The summed E-state index contributed by atoms with van der Waals surface area (Å²) in [6.45, 7) is 3.49. The van der Waals surface area contributed by atoms with Crippen molar-refractivity contribution in [3.8, 4) is 11.5 Å². The molecule has 0 aliphatic carbocycles. The van der Waals surface area contributed by atoms with Crippen molar-refractivity contribution in [3.05, 3.63) is 52.8 Å². The number of ether oxygens (including phenoxy) is 1. The van der Waals surface area contributed by atoms with E-state index in [0.29, 0.717) is 24.2 Å². The fourth-order valence-electron chi connectivity index (χ4n) is 3.23. The van der Waals surface area contributed by atoms with Gasteiger partial charge in [0.1, 0.15) is 17.3 Å². The molecule has 0 fully saturated rings. The standard InChI is InChI=1S/C24H27FO7S/c1-3-5-18-21(9-7-17(15(2)26)24(18)30)32-12-4-13-33(31)22-10-6-16(14-19(22)25)20(27)8-11-23(28)29/h6-7,9-10,14,30H,3-5,8,11-13H2,1-2H3,(H,28,29). The second-order valence-corrected chi connectivity index (χ2v) is 9.00. The molecular formula is C24H27FO7S. The van der Waals surface area contributed by atoms with E-state index in [2.05, 4.69) is 0 Å². The third kappa shape index (κ3) is 7.21. The Morgan fingerprint density at radius 3 is 2.45 bits per heavy atom. The van der Waals surface area contributed by atoms with Crippen molar-refractivity contribution in [2.45, 2.75) is 50.8 Å². The van der Waals surface area contributed by atoms with Crippen molar-refractivity contribution in [3.63, 3.8) is 0 Å². The Morgan fingerprint density at radius 1 is 1.12 bits per heavy atom. The summed E-state index contributed by atoms with van der Waals surface area (Å²) in [7, 11) is -1.66. The lowest BCUT2D eigenvalue weighted by molar-refractivity contribution is -0.136. The largest absolute Gasteiger partial charge is 0.507 e. The molecule has 1 atom stereocenters. The summed E-state index contributed by atoms with van der Waals surface area (Å²) in [6, 6.07) is 6.72. The first-order valence-corrected chi connectivity index (χ1v) is 11.9. The van der Waals surface area contributed by atoms with Crippen molar-refractivity contribution in [2.24, 2.45) is 0 Å². The monoisotopic (exact) mass is 478 g/mol.